The van der Waals surface area contributed by atoms with Gasteiger partial charge in [-0.25, -0.2) is 0 Å². The summed E-state index contributed by atoms with van der Waals surface area (Å²) >= 11 is 0. The van der Waals surface area contributed by atoms with E-state index in [-0.39, 0.29) is 0 Å². The van der Waals surface area contributed by atoms with Gasteiger partial charge >= 0.3 is 0 Å². The summed E-state index contributed by atoms with van der Waals surface area (Å²) in [4.78, 5) is 2.82. The van der Waals surface area contributed by atoms with Gasteiger partial charge in [-0.05, 0) is 39.0 Å². The van der Waals surface area contributed by atoms with E-state index in [1.807, 2.05) is 0 Å². The van der Waals surface area contributed by atoms with Crippen molar-refractivity contribution in [2.24, 2.45) is 0 Å². The average molecular weight is 254 g/mol. The number of piperazine rings is 1. The van der Waals surface area contributed by atoms with Gasteiger partial charge in [-0.2, -0.15) is 0 Å². The Kier molecular flexibility index (Phi) is 5.67. The standard InChI is InChI=1S/C16H34N2/c1-7-14-12-17-16(10-4,11-5)13-18(14)15(6,8-2)9-3/h14,17H,7-13H2,1-6H3. The maximum absolute atomic E-state index is 3.84. The fraction of sp³-hybridized carbons (Fsp3) is 1.00. The molecule has 1 aliphatic heterocycles. The van der Waals surface area contributed by atoms with Crippen molar-refractivity contribution < 1.29 is 0 Å². The van der Waals surface area contributed by atoms with Crippen LogP contribution in [0.3, 0.4) is 0 Å². The Labute approximate surface area is 115 Å². The Morgan fingerprint density at radius 3 is 2.06 bits per heavy atom. The molecule has 0 bridgehead atoms. The van der Waals surface area contributed by atoms with Crippen molar-refractivity contribution >= 4 is 0 Å². The third-order valence-corrected chi connectivity index (χ3v) is 5.67. The van der Waals surface area contributed by atoms with Gasteiger partial charge in [0.15, 0.2) is 0 Å². The van der Waals surface area contributed by atoms with Crippen molar-refractivity contribution in [3.63, 3.8) is 0 Å². The van der Waals surface area contributed by atoms with Crippen LogP contribution in [-0.2, 0) is 0 Å². The first kappa shape index (κ1) is 16.0. The third-order valence-electron chi connectivity index (χ3n) is 5.67. The quantitative estimate of drug-likeness (QED) is 0.775. The molecule has 0 aliphatic carbocycles. The topological polar surface area (TPSA) is 15.3 Å². The van der Waals surface area contributed by atoms with E-state index in [9.17, 15) is 0 Å². The minimum absolute atomic E-state index is 0.345. The molecule has 0 saturated carbocycles. The van der Waals surface area contributed by atoms with E-state index in [0.717, 1.165) is 6.54 Å². The zero-order chi connectivity index (χ0) is 13.8. The van der Waals surface area contributed by atoms with E-state index in [2.05, 4.69) is 51.8 Å². The summed E-state index contributed by atoms with van der Waals surface area (Å²) in [5.74, 6) is 0. The summed E-state index contributed by atoms with van der Waals surface area (Å²) in [6.07, 6.45) is 6.24. The molecule has 2 nitrogen and oxygen atoms in total. The van der Waals surface area contributed by atoms with Crippen LogP contribution in [0.2, 0.25) is 0 Å². The van der Waals surface area contributed by atoms with Gasteiger partial charge < -0.3 is 5.32 Å². The van der Waals surface area contributed by atoms with Crippen LogP contribution in [0.15, 0.2) is 0 Å². The van der Waals surface area contributed by atoms with Gasteiger partial charge in [-0.3, -0.25) is 4.90 Å². The molecule has 1 heterocycles. The molecule has 0 radical (unpaired) electrons. The Bertz CT molecular complexity index is 241. The first-order valence-electron chi connectivity index (χ1n) is 8.02. The second-order valence-electron chi connectivity index (χ2n) is 6.26. The SMILES string of the molecule is CCC1CNC(CC)(CC)CN1C(C)(CC)CC. The first-order valence-corrected chi connectivity index (χ1v) is 8.02. The third kappa shape index (κ3) is 2.91. The van der Waals surface area contributed by atoms with Crippen LogP contribution in [-0.4, -0.2) is 35.1 Å². The van der Waals surface area contributed by atoms with Crippen LogP contribution in [0.25, 0.3) is 0 Å². The van der Waals surface area contributed by atoms with Gasteiger partial charge in [0.25, 0.3) is 0 Å². The highest BCUT2D eigenvalue weighted by Gasteiger charge is 2.42. The molecule has 18 heavy (non-hydrogen) atoms. The van der Waals surface area contributed by atoms with E-state index >= 15 is 0 Å². The zero-order valence-corrected chi connectivity index (χ0v) is 13.5. The molecule has 0 aromatic carbocycles. The molecule has 1 saturated heterocycles. The normalized spacial score (nSPS) is 25.3. The van der Waals surface area contributed by atoms with Crippen LogP contribution in [0.5, 0.6) is 0 Å². The molecule has 1 unspecified atom stereocenters. The Balaban J connectivity index is 2.95. The molecular formula is C16H34N2. The highest BCUT2D eigenvalue weighted by atomic mass is 15.3. The smallest absolute Gasteiger partial charge is 0.0304 e. The van der Waals surface area contributed by atoms with Gasteiger partial charge in [0, 0.05) is 30.2 Å². The number of hydrogen-bond acceptors (Lipinski definition) is 2. The molecule has 1 atom stereocenters. The lowest BCUT2D eigenvalue weighted by Gasteiger charge is -2.54. The first-order chi connectivity index (χ1) is 8.50. The molecule has 0 aromatic rings. The molecule has 1 aliphatic rings. The maximum atomic E-state index is 3.84. The molecule has 2 heteroatoms. The number of hydrogen-bond donors (Lipinski definition) is 1. The van der Waals surface area contributed by atoms with Crippen LogP contribution >= 0.6 is 0 Å². The van der Waals surface area contributed by atoms with Crippen LogP contribution in [0.1, 0.15) is 73.6 Å². The molecule has 0 aromatic heterocycles. The summed E-state index contributed by atoms with van der Waals surface area (Å²) in [5, 5.41) is 3.84. The van der Waals surface area contributed by atoms with Gasteiger partial charge in [0.2, 0.25) is 0 Å². The van der Waals surface area contributed by atoms with Gasteiger partial charge in [-0.15, -0.1) is 0 Å². The fourth-order valence-corrected chi connectivity index (χ4v) is 3.33. The van der Waals surface area contributed by atoms with E-state index in [4.69, 9.17) is 0 Å². The van der Waals surface area contributed by atoms with Crippen molar-refractivity contribution in [1.29, 1.82) is 0 Å². The predicted molar refractivity (Wildman–Crippen MR) is 81.1 cm³/mol. The molecule has 108 valence electrons. The molecule has 0 amide bonds. The second kappa shape index (κ2) is 6.38. The summed E-state index contributed by atoms with van der Waals surface area (Å²) < 4.78 is 0. The minimum Gasteiger partial charge on any atom is -0.308 e. The van der Waals surface area contributed by atoms with E-state index in [0.29, 0.717) is 17.1 Å². The van der Waals surface area contributed by atoms with Crippen LogP contribution in [0, 0.1) is 0 Å². The molecule has 1 rings (SSSR count). The average Bonchev–Trinajstić information content (AvgIpc) is 2.45. The Hall–Kier alpha value is -0.0800. The lowest BCUT2D eigenvalue weighted by Crippen LogP contribution is -2.68. The number of nitrogens with one attached hydrogen (secondary N) is 1. The number of nitrogens with zero attached hydrogens (tertiary/aromatic N) is 1. The van der Waals surface area contributed by atoms with Crippen LogP contribution < -0.4 is 5.32 Å². The zero-order valence-electron chi connectivity index (χ0n) is 13.5. The molecular weight excluding hydrogens is 220 g/mol. The molecule has 0 spiro atoms. The lowest BCUT2D eigenvalue weighted by atomic mass is 9.82. The molecule has 1 N–H and O–H groups in total. The van der Waals surface area contributed by atoms with Crippen molar-refractivity contribution in [3.05, 3.63) is 0 Å². The van der Waals surface area contributed by atoms with E-state index < -0.39 is 0 Å². The van der Waals surface area contributed by atoms with Crippen molar-refractivity contribution in [2.75, 3.05) is 13.1 Å². The highest BCUT2D eigenvalue weighted by molar-refractivity contribution is 5.01. The van der Waals surface area contributed by atoms with E-state index in [1.165, 1.54) is 38.6 Å². The molecule has 1 fully saturated rings. The summed E-state index contributed by atoms with van der Waals surface area (Å²) in [6, 6.07) is 0.709. The van der Waals surface area contributed by atoms with Crippen molar-refractivity contribution in [3.8, 4) is 0 Å². The number of rotatable bonds is 6. The lowest BCUT2D eigenvalue weighted by molar-refractivity contribution is -0.0175. The van der Waals surface area contributed by atoms with Crippen LogP contribution in [0.4, 0.5) is 0 Å². The largest absolute Gasteiger partial charge is 0.308 e. The van der Waals surface area contributed by atoms with Crippen molar-refractivity contribution in [2.45, 2.75) is 90.8 Å². The predicted octanol–water partition coefficient (Wildman–Crippen LogP) is 3.81. The van der Waals surface area contributed by atoms with Gasteiger partial charge in [0.1, 0.15) is 0 Å². The highest BCUT2D eigenvalue weighted by Crippen LogP contribution is 2.33. The monoisotopic (exact) mass is 254 g/mol. The maximum Gasteiger partial charge on any atom is 0.0304 e. The Morgan fingerprint density at radius 1 is 1.11 bits per heavy atom. The van der Waals surface area contributed by atoms with E-state index in [1.54, 1.807) is 0 Å². The summed E-state index contributed by atoms with van der Waals surface area (Å²) in [5.41, 5.74) is 0.718. The summed E-state index contributed by atoms with van der Waals surface area (Å²) in [6.45, 7) is 16.5. The summed E-state index contributed by atoms with van der Waals surface area (Å²) in [7, 11) is 0. The Morgan fingerprint density at radius 2 is 1.67 bits per heavy atom. The van der Waals surface area contributed by atoms with Gasteiger partial charge in [0.05, 0.1) is 0 Å². The minimum atomic E-state index is 0.345. The second-order valence-corrected chi connectivity index (χ2v) is 6.26. The fourth-order valence-electron chi connectivity index (χ4n) is 3.33. The van der Waals surface area contributed by atoms with Gasteiger partial charge in [-0.1, -0.05) is 34.6 Å². The van der Waals surface area contributed by atoms with Crippen molar-refractivity contribution in [1.82, 2.24) is 10.2 Å².